The standard InChI is InChI=1S/C11H13ClN2O2S/c1-2-16-11(9(13)17)14-10(15)7-4-3-5-8(12)6-7/h3-6,11H,2H2,1H3,(H2,13,17)(H,14,15). The van der Waals surface area contributed by atoms with Gasteiger partial charge in [-0.05, 0) is 25.1 Å². The lowest BCUT2D eigenvalue weighted by atomic mass is 10.2. The molecule has 92 valence electrons. The molecular formula is C11H13ClN2O2S. The Kier molecular flexibility index (Phi) is 5.34. The summed E-state index contributed by atoms with van der Waals surface area (Å²) in [7, 11) is 0. The smallest absolute Gasteiger partial charge is 0.253 e. The Labute approximate surface area is 110 Å². The number of nitrogens with two attached hydrogens (primary N) is 1. The molecule has 0 spiro atoms. The van der Waals surface area contributed by atoms with Crippen molar-refractivity contribution in [2.24, 2.45) is 5.73 Å². The summed E-state index contributed by atoms with van der Waals surface area (Å²) < 4.78 is 5.19. The Bertz CT molecular complexity index is 426. The number of amides is 1. The van der Waals surface area contributed by atoms with Gasteiger partial charge in [-0.1, -0.05) is 29.9 Å². The van der Waals surface area contributed by atoms with E-state index in [0.29, 0.717) is 17.2 Å². The van der Waals surface area contributed by atoms with Crippen LogP contribution in [0.5, 0.6) is 0 Å². The van der Waals surface area contributed by atoms with E-state index >= 15 is 0 Å². The molecule has 1 amide bonds. The van der Waals surface area contributed by atoms with E-state index in [1.165, 1.54) is 0 Å². The maximum Gasteiger partial charge on any atom is 0.253 e. The van der Waals surface area contributed by atoms with Crippen molar-refractivity contribution in [2.75, 3.05) is 6.61 Å². The summed E-state index contributed by atoms with van der Waals surface area (Å²) >= 11 is 10.6. The van der Waals surface area contributed by atoms with Crippen molar-refractivity contribution < 1.29 is 9.53 Å². The summed E-state index contributed by atoms with van der Waals surface area (Å²) in [5, 5.41) is 3.06. The fourth-order valence-corrected chi connectivity index (χ4v) is 1.51. The SMILES string of the molecule is CCOC(NC(=O)c1cccc(Cl)c1)C(N)=S. The third-order valence-corrected chi connectivity index (χ3v) is 2.39. The first kappa shape index (κ1) is 13.9. The highest BCUT2D eigenvalue weighted by atomic mass is 35.5. The van der Waals surface area contributed by atoms with E-state index in [1.807, 2.05) is 0 Å². The summed E-state index contributed by atoms with van der Waals surface area (Å²) in [6.45, 7) is 2.19. The Morgan fingerprint density at radius 2 is 2.35 bits per heavy atom. The molecule has 3 N–H and O–H groups in total. The monoisotopic (exact) mass is 272 g/mol. The van der Waals surface area contributed by atoms with Crippen LogP contribution in [-0.2, 0) is 4.74 Å². The molecule has 0 radical (unpaired) electrons. The lowest BCUT2D eigenvalue weighted by Gasteiger charge is -2.17. The van der Waals surface area contributed by atoms with Gasteiger partial charge in [0.1, 0.15) is 4.99 Å². The number of ether oxygens (including phenoxy) is 1. The second-order valence-electron chi connectivity index (χ2n) is 3.22. The highest BCUT2D eigenvalue weighted by molar-refractivity contribution is 7.80. The molecule has 0 saturated carbocycles. The van der Waals surface area contributed by atoms with Crippen molar-refractivity contribution in [2.45, 2.75) is 13.2 Å². The molecule has 1 unspecified atom stereocenters. The molecule has 1 atom stereocenters. The molecule has 0 aliphatic rings. The van der Waals surface area contributed by atoms with Crippen LogP contribution >= 0.6 is 23.8 Å². The van der Waals surface area contributed by atoms with Crippen LogP contribution in [0, 0.1) is 0 Å². The number of nitrogens with one attached hydrogen (secondary N) is 1. The van der Waals surface area contributed by atoms with E-state index in [4.69, 9.17) is 34.3 Å². The second-order valence-corrected chi connectivity index (χ2v) is 4.13. The number of carbonyl (C=O) groups is 1. The minimum Gasteiger partial charge on any atom is -0.390 e. The quantitative estimate of drug-likeness (QED) is 0.633. The van der Waals surface area contributed by atoms with Crippen LogP contribution < -0.4 is 11.1 Å². The molecule has 0 fully saturated rings. The molecule has 17 heavy (non-hydrogen) atoms. The van der Waals surface area contributed by atoms with Gasteiger partial charge in [0.15, 0.2) is 6.23 Å². The number of hydrogen-bond acceptors (Lipinski definition) is 3. The van der Waals surface area contributed by atoms with Crippen LogP contribution in [-0.4, -0.2) is 23.7 Å². The normalized spacial score (nSPS) is 11.9. The first-order valence-electron chi connectivity index (χ1n) is 5.02. The lowest BCUT2D eigenvalue weighted by Crippen LogP contribution is -2.45. The van der Waals surface area contributed by atoms with Crippen LogP contribution in [0.2, 0.25) is 5.02 Å². The second kappa shape index (κ2) is 6.54. The predicted molar refractivity (Wildman–Crippen MR) is 71.1 cm³/mol. The van der Waals surface area contributed by atoms with Gasteiger partial charge in [-0.15, -0.1) is 0 Å². The zero-order valence-electron chi connectivity index (χ0n) is 9.27. The molecule has 1 rings (SSSR count). The largest absolute Gasteiger partial charge is 0.390 e. The van der Waals surface area contributed by atoms with E-state index in [1.54, 1.807) is 31.2 Å². The average molecular weight is 273 g/mol. The maximum absolute atomic E-state index is 11.8. The van der Waals surface area contributed by atoms with Crippen molar-refractivity contribution in [3.63, 3.8) is 0 Å². The zero-order valence-corrected chi connectivity index (χ0v) is 10.8. The van der Waals surface area contributed by atoms with E-state index in [-0.39, 0.29) is 10.9 Å². The molecule has 0 saturated heterocycles. The molecule has 1 aromatic rings. The van der Waals surface area contributed by atoms with Gasteiger partial charge < -0.3 is 15.8 Å². The summed E-state index contributed by atoms with van der Waals surface area (Å²) in [6, 6.07) is 6.57. The molecule has 4 nitrogen and oxygen atoms in total. The summed E-state index contributed by atoms with van der Waals surface area (Å²) in [4.78, 5) is 11.9. The molecule has 0 aliphatic carbocycles. The van der Waals surface area contributed by atoms with E-state index < -0.39 is 6.23 Å². The van der Waals surface area contributed by atoms with Gasteiger partial charge in [0.05, 0.1) is 0 Å². The van der Waals surface area contributed by atoms with Crippen molar-refractivity contribution in [1.82, 2.24) is 5.32 Å². The molecule has 6 heteroatoms. The van der Waals surface area contributed by atoms with Crippen LogP contribution in [0.15, 0.2) is 24.3 Å². The Balaban J connectivity index is 2.73. The number of halogens is 1. The van der Waals surface area contributed by atoms with Crippen molar-refractivity contribution in [1.29, 1.82) is 0 Å². The minimum absolute atomic E-state index is 0.0854. The van der Waals surface area contributed by atoms with E-state index in [2.05, 4.69) is 5.32 Å². The van der Waals surface area contributed by atoms with Gasteiger partial charge in [-0.3, -0.25) is 4.79 Å². The molecule has 0 aliphatic heterocycles. The number of hydrogen-bond donors (Lipinski definition) is 2. The molecule has 0 bridgehead atoms. The van der Waals surface area contributed by atoms with Gasteiger partial charge in [0, 0.05) is 17.2 Å². The maximum atomic E-state index is 11.8. The zero-order chi connectivity index (χ0) is 12.8. The fraction of sp³-hybridized carbons (Fsp3) is 0.273. The third-order valence-electron chi connectivity index (χ3n) is 1.94. The van der Waals surface area contributed by atoms with Crippen molar-refractivity contribution in [3.8, 4) is 0 Å². The number of thiocarbonyl (C=S) groups is 1. The van der Waals surface area contributed by atoms with Crippen LogP contribution in [0.4, 0.5) is 0 Å². The molecular weight excluding hydrogens is 260 g/mol. The van der Waals surface area contributed by atoms with Crippen molar-refractivity contribution in [3.05, 3.63) is 34.9 Å². The van der Waals surface area contributed by atoms with E-state index in [0.717, 1.165) is 0 Å². The van der Waals surface area contributed by atoms with Crippen LogP contribution in [0.3, 0.4) is 0 Å². The molecule has 1 aromatic carbocycles. The topological polar surface area (TPSA) is 64.3 Å². The Hall–Kier alpha value is -1.17. The molecule has 0 aromatic heterocycles. The molecule has 0 heterocycles. The van der Waals surface area contributed by atoms with Gasteiger partial charge in [-0.2, -0.15) is 0 Å². The Morgan fingerprint density at radius 1 is 1.65 bits per heavy atom. The van der Waals surface area contributed by atoms with Gasteiger partial charge in [-0.25, -0.2) is 0 Å². The third kappa shape index (κ3) is 4.30. The van der Waals surface area contributed by atoms with Crippen LogP contribution in [0.25, 0.3) is 0 Å². The summed E-state index contributed by atoms with van der Waals surface area (Å²) in [5.74, 6) is -0.334. The van der Waals surface area contributed by atoms with Crippen LogP contribution in [0.1, 0.15) is 17.3 Å². The first-order valence-corrected chi connectivity index (χ1v) is 5.80. The number of rotatable bonds is 5. The summed E-state index contributed by atoms with van der Waals surface area (Å²) in [6.07, 6.45) is -0.763. The summed E-state index contributed by atoms with van der Waals surface area (Å²) in [5.41, 5.74) is 5.87. The highest BCUT2D eigenvalue weighted by Gasteiger charge is 2.16. The lowest BCUT2D eigenvalue weighted by molar-refractivity contribution is 0.0664. The van der Waals surface area contributed by atoms with E-state index in [9.17, 15) is 4.79 Å². The fourth-order valence-electron chi connectivity index (χ4n) is 1.19. The highest BCUT2D eigenvalue weighted by Crippen LogP contribution is 2.10. The van der Waals surface area contributed by atoms with Crippen molar-refractivity contribution >= 4 is 34.7 Å². The number of benzene rings is 1. The Morgan fingerprint density at radius 3 is 2.88 bits per heavy atom. The van der Waals surface area contributed by atoms with Gasteiger partial charge >= 0.3 is 0 Å². The predicted octanol–water partition coefficient (Wildman–Crippen LogP) is 1.72. The van der Waals surface area contributed by atoms with Gasteiger partial charge in [0.2, 0.25) is 0 Å². The average Bonchev–Trinajstić information content (AvgIpc) is 2.28. The van der Waals surface area contributed by atoms with Gasteiger partial charge in [0.25, 0.3) is 5.91 Å². The minimum atomic E-state index is -0.763. The number of carbonyl (C=O) groups excluding carboxylic acids is 1. The first-order chi connectivity index (χ1) is 8.04.